The van der Waals surface area contributed by atoms with Gasteiger partial charge >= 0.3 is 11.4 Å². The van der Waals surface area contributed by atoms with Crippen molar-refractivity contribution in [1.82, 2.24) is 0 Å². The normalized spacial score (nSPS) is 16.3. The van der Waals surface area contributed by atoms with Gasteiger partial charge in [-0.3, -0.25) is 60.7 Å². The van der Waals surface area contributed by atoms with Crippen LogP contribution in [0.2, 0.25) is 0 Å². The number of fused-ring (bicyclic) bond motifs is 6. The average Bonchev–Trinajstić information content (AvgIpc) is 3.77. The molecule has 0 amide bonds. The number of rotatable bonds is 9. The summed E-state index contributed by atoms with van der Waals surface area (Å²) in [6, 6.07) is 17.6. The number of nitro benzene ring substituents is 2. The highest BCUT2D eigenvalue weighted by Crippen LogP contribution is 2.47. The maximum absolute atomic E-state index is 12.3. The molecule has 0 N–H and O–H groups in total. The Morgan fingerprint density at radius 1 is 0.433 bits per heavy atom. The molecule has 0 fully saturated rings. The Morgan fingerprint density at radius 3 is 1.13 bits per heavy atom. The van der Waals surface area contributed by atoms with Crippen LogP contribution in [0.15, 0.2) is 129 Å². The Labute approximate surface area is 334 Å². The Hall–Kier alpha value is -8.94. The molecule has 0 spiro atoms. The molecule has 4 aliphatic rings. The van der Waals surface area contributed by atoms with Gasteiger partial charge in [0.1, 0.15) is 11.4 Å². The van der Waals surface area contributed by atoms with Crippen molar-refractivity contribution in [3.63, 3.8) is 0 Å². The number of allylic oxidation sites excluding steroid dienone is 6. The zero-order valence-electron chi connectivity index (χ0n) is 30.7. The third-order valence-electron chi connectivity index (χ3n) is 10.2. The topological polar surface area (TPSA) is 284 Å². The zero-order valence-corrected chi connectivity index (χ0v) is 30.7. The Bertz CT molecular complexity index is 2870. The molecule has 0 radical (unpaired) electrons. The quantitative estimate of drug-likeness (QED) is 0.114. The molecule has 0 saturated carbocycles. The summed E-state index contributed by atoms with van der Waals surface area (Å²) in [4.78, 5) is 76.5. The molecule has 0 aliphatic heterocycles. The number of aliphatic imine (C=N–C) groups is 2. The first-order valence-corrected chi connectivity index (χ1v) is 17.4. The fraction of sp³-hybridized carbons (Fsp3) is 0.0500. The van der Waals surface area contributed by atoms with Crippen LogP contribution in [-0.4, -0.2) is 41.0 Å². The molecular formula is C40H22N8O12. The minimum absolute atomic E-state index is 0.0416. The highest BCUT2D eigenvalue weighted by molar-refractivity contribution is 6.29. The van der Waals surface area contributed by atoms with Crippen molar-refractivity contribution in [3.8, 4) is 11.1 Å². The number of hydrogen-bond donors (Lipinski definition) is 0. The molecule has 0 saturated heterocycles. The first-order chi connectivity index (χ1) is 28.5. The van der Waals surface area contributed by atoms with E-state index in [0.717, 1.165) is 12.2 Å². The summed E-state index contributed by atoms with van der Waals surface area (Å²) in [5.74, 6) is 0. The van der Waals surface area contributed by atoms with E-state index < -0.39 is 52.3 Å². The van der Waals surface area contributed by atoms with Gasteiger partial charge in [-0.25, -0.2) is 9.98 Å². The molecule has 4 aliphatic carbocycles. The highest BCUT2D eigenvalue weighted by atomic mass is 16.6. The molecule has 0 heterocycles. The standard InChI is InChI=1S/C40H22N8O12/c1-19-11-21(3-9-31(19)41-39-29-15-23-13-25(43(49)50)5-7-27(23)37(29)33(45(53)54)17-35(39)47(57)58)22-4-10-32(20(2)12-22)42-40-30-16-24-14-26(44(51)52)6-8-28(24)38(30)34(46(55)56)18-36(40)48(59)60/h3-18H,1-2H3. The van der Waals surface area contributed by atoms with Gasteiger partial charge in [-0.15, -0.1) is 0 Å². The van der Waals surface area contributed by atoms with E-state index in [0.29, 0.717) is 33.6 Å². The highest BCUT2D eigenvalue weighted by Gasteiger charge is 2.43. The van der Waals surface area contributed by atoms with Gasteiger partial charge in [-0.2, -0.15) is 0 Å². The second-order valence-corrected chi connectivity index (χ2v) is 13.7. The number of non-ortho nitro benzene ring substituents is 2. The van der Waals surface area contributed by atoms with E-state index in [1.165, 1.54) is 48.6 Å². The molecule has 4 aromatic rings. The van der Waals surface area contributed by atoms with E-state index >= 15 is 0 Å². The SMILES string of the molecule is Cc1cc(-c2ccc(N=C3C4=Cc5cc([N+](=O)[O-])ccc5C4=C([N+](=O)[O-])C=C3[N+](=O)[O-])c(C)c2)ccc1N=C1C2=Cc3cc([N+](=O)[O-])ccc3C2=C([N+](=O)[O-])C=C1[N+](=O)[O-]. The van der Waals surface area contributed by atoms with Crippen LogP contribution in [0.5, 0.6) is 0 Å². The van der Waals surface area contributed by atoms with E-state index in [9.17, 15) is 60.7 Å². The van der Waals surface area contributed by atoms with Crippen molar-refractivity contribution in [1.29, 1.82) is 0 Å². The zero-order chi connectivity index (χ0) is 42.9. The van der Waals surface area contributed by atoms with E-state index in [2.05, 4.69) is 9.98 Å². The average molecular weight is 807 g/mol. The predicted molar refractivity (Wildman–Crippen MR) is 216 cm³/mol. The van der Waals surface area contributed by atoms with Crippen molar-refractivity contribution >= 4 is 57.5 Å². The monoisotopic (exact) mass is 806 g/mol. The third kappa shape index (κ3) is 6.21. The molecule has 0 atom stereocenters. The molecule has 0 aromatic heterocycles. The summed E-state index contributed by atoms with van der Waals surface area (Å²) < 4.78 is 0. The summed E-state index contributed by atoms with van der Waals surface area (Å²) >= 11 is 0. The van der Waals surface area contributed by atoms with E-state index in [4.69, 9.17) is 0 Å². The van der Waals surface area contributed by atoms with Crippen molar-refractivity contribution in [2.24, 2.45) is 9.98 Å². The lowest BCUT2D eigenvalue weighted by atomic mass is 9.91. The number of benzene rings is 4. The van der Waals surface area contributed by atoms with Crippen LogP contribution in [0.4, 0.5) is 22.7 Å². The summed E-state index contributed by atoms with van der Waals surface area (Å²) in [5.41, 5.74) is 1.04. The van der Waals surface area contributed by atoms with Crippen LogP contribution in [-0.2, 0) is 0 Å². The van der Waals surface area contributed by atoms with Crippen LogP contribution in [0, 0.1) is 74.5 Å². The number of nitrogens with zero attached hydrogens (tertiary/aromatic N) is 8. The van der Waals surface area contributed by atoms with Crippen LogP contribution in [0.1, 0.15) is 33.4 Å². The summed E-state index contributed by atoms with van der Waals surface area (Å²) in [5, 5.41) is 71.6. The Kier molecular flexibility index (Phi) is 8.80. The third-order valence-corrected chi connectivity index (χ3v) is 10.2. The van der Waals surface area contributed by atoms with Gasteiger partial charge < -0.3 is 0 Å². The molecule has 0 unspecified atom stereocenters. The van der Waals surface area contributed by atoms with Gasteiger partial charge in [-0.1, -0.05) is 12.1 Å². The number of aryl methyl sites for hydroxylation is 2. The summed E-state index contributed by atoms with van der Waals surface area (Å²) in [7, 11) is 0. The van der Waals surface area contributed by atoms with Crippen LogP contribution in [0.25, 0.3) is 34.4 Å². The Balaban J connectivity index is 1.16. The molecule has 20 nitrogen and oxygen atoms in total. The lowest BCUT2D eigenvalue weighted by molar-refractivity contribution is -0.428. The smallest absolute Gasteiger partial charge is 0.258 e. The van der Waals surface area contributed by atoms with Gasteiger partial charge in [0, 0.05) is 35.4 Å². The van der Waals surface area contributed by atoms with Crippen molar-refractivity contribution in [2.45, 2.75) is 13.8 Å². The van der Waals surface area contributed by atoms with Crippen molar-refractivity contribution < 1.29 is 29.5 Å². The second-order valence-electron chi connectivity index (χ2n) is 13.7. The molecule has 20 heteroatoms. The molecule has 8 rings (SSSR count). The van der Waals surface area contributed by atoms with Crippen molar-refractivity contribution in [2.75, 3.05) is 0 Å². The van der Waals surface area contributed by atoms with Gasteiger partial charge in [0.05, 0.1) is 64.2 Å². The maximum atomic E-state index is 12.3. The maximum Gasteiger partial charge on any atom is 0.302 e. The first-order valence-electron chi connectivity index (χ1n) is 17.4. The summed E-state index contributed by atoms with van der Waals surface area (Å²) in [6.07, 6.45) is 4.45. The van der Waals surface area contributed by atoms with E-state index in [1.54, 1.807) is 50.2 Å². The van der Waals surface area contributed by atoms with Crippen LogP contribution < -0.4 is 0 Å². The molecule has 4 aromatic carbocycles. The fourth-order valence-electron chi connectivity index (χ4n) is 7.47. The lowest BCUT2D eigenvalue weighted by Gasteiger charge is -2.15. The molecule has 294 valence electrons. The van der Waals surface area contributed by atoms with Crippen LogP contribution in [0.3, 0.4) is 0 Å². The second kappa shape index (κ2) is 13.9. The number of nitro groups is 6. The van der Waals surface area contributed by atoms with Gasteiger partial charge in [0.15, 0.2) is 0 Å². The Morgan fingerprint density at radius 2 is 0.817 bits per heavy atom. The predicted octanol–water partition coefficient (Wildman–Crippen LogP) is 8.45. The molecule has 60 heavy (non-hydrogen) atoms. The lowest BCUT2D eigenvalue weighted by Crippen LogP contribution is -2.20. The minimum atomic E-state index is -0.785. The molecule has 0 bridgehead atoms. The van der Waals surface area contributed by atoms with E-state index in [1.807, 2.05) is 0 Å². The summed E-state index contributed by atoms with van der Waals surface area (Å²) in [6.45, 7) is 3.41. The largest absolute Gasteiger partial charge is 0.302 e. The van der Waals surface area contributed by atoms with Gasteiger partial charge in [0.2, 0.25) is 0 Å². The van der Waals surface area contributed by atoms with Crippen LogP contribution >= 0.6 is 0 Å². The first kappa shape index (κ1) is 38.0. The van der Waals surface area contributed by atoms with Gasteiger partial charge in [-0.05, 0) is 107 Å². The number of hydrogen-bond acceptors (Lipinski definition) is 14. The minimum Gasteiger partial charge on any atom is -0.258 e. The molecular weight excluding hydrogens is 784 g/mol. The fourth-order valence-corrected chi connectivity index (χ4v) is 7.47. The van der Waals surface area contributed by atoms with Crippen molar-refractivity contribution in [3.05, 3.63) is 213 Å². The van der Waals surface area contributed by atoms with Gasteiger partial charge in [0.25, 0.3) is 22.8 Å². The van der Waals surface area contributed by atoms with E-state index in [-0.39, 0.29) is 67.3 Å².